The van der Waals surface area contributed by atoms with Crippen molar-refractivity contribution < 1.29 is 23.9 Å². The van der Waals surface area contributed by atoms with Crippen molar-refractivity contribution in [1.82, 2.24) is 4.57 Å². The van der Waals surface area contributed by atoms with Crippen LogP contribution in [0.5, 0.6) is 0 Å². The molecule has 0 saturated heterocycles. The number of hydrogen-bond donors (Lipinski definition) is 3. The van der Waals surface area contributed by atoms with E-state index in [4.69, 9.17) is 17.3 Å². The van der Waals surface area contributed by atoms with Gasteiger partial charge in [-0.2, -0.15) is 0 Å². The molecule has 152 valence electrons. The van der Waals surface area contributed by atoms with Crippen molar-refractivity contribution in [3.05, 3.63) is 70.4 Å². The predicted molar refractivity (Wildman–Crippen MR) is 111 cm³/mol. The number of fused-ring (bicyclic) bond motifs is 1. The molecule has 3 rings (SSSR count). The molecule has 3 aromatic rings. The highest BCUT2D eigenvalue weighted by atomic mass is 35.5. The fourth-order valence-corrected chi connectivity index (χ4v) is 4.74. The second-order valence-electron chi connectivity index (χ2n) is 6.81. The number of nitrogens with zero attached hydrogens (tertiary/aromatic N) is 1. The lowest BCUT2D eigenvalue weighted by atomic mass is 10.0. The van der Waals surface area contributed by atoms with E-state index in [-0.39, 0.29) is 23.4 Å². The van der Waals surface area contributed by atoms with Gasteiger partial charge >= 0.3 is 7.60 Å². The Balaban J connectivity index is 2.18. The van der Waals surface area contributed by atoms with E-state index in [1.807, 2.05) is 34.9 Å². The average molecular weight is 435 g/mol. The van der Waals surface area contributed by atoms with Crippen LogP contribution in [0.15, 0.2) is 48.7 Å². The third-order valence-electron chi connectivity index (χ3n) is 4.73. The van der Waals surface area contributed by atoms with Gasteiger partial charge in [0, 0.05) is 29.6 Å². The Morgan fingerprint density at radius 1 is 1.24 bits per heavy atom. The summed E-state index contributed by atoms with van der Waals surface area (Å²) in [5, 5.41) is 0.759. The summed E-state index contributed by atoms with van der Waals surface area (Å²) in [6, 6.07) is 12.8. The molecular weight excluding hydrogens is 415 g/mol. The van der Waals surface area contributed by atoms with Gasteiger partial charge in [0.2, 0.25) is 5.91 Å². The third kappa shape index (κ3) is 4.77. The summed E-state index contributed by atoms with van der Waals surface area (Å²) in [6.45, 7) is 0.516. The molecule has 1 aromatic heterocycles. The number of primary amides is 1. The number of benzene rings is 2. The van der Waals surface area contributed by atoms with E-state index in [9.17, 15) is 23.9 Å². The lowest BCUT2D eigenvalue weighted by Crippen LogP contribution is -2.13. The first-order valence-corrected chi connectivity index (χ1v) is 10.9. The highest BCUT2D eigenvalue weighted by Gasteiger charge is 2.32. The summed E-state index contributed by atoms with van der Waals surface area (Å²) < 4.78 is 13.8. The Kier molecular flexibility index (Phi) is 6.24. The van der Waals surface area contributed by atoms with Crippen molar-refractivity contribution in [2.45, 2.75) is 25.0 Å². The molecule has 0 bridgehead atoms. The Bertz CT molecular complexity index is 1110. The monoisotopic (exact) mass is 434 g/mol. The lowest BCUT2D eigenvalue weighted by Gasteiger charge is -2.18. The molecule has 0 aliphatic carbocycles. The molecule has 1 heterocycles. The van der Waals surface area contributed by atoms with E-state index >= 15 is 0 Å². The van der Waals surface area contributed by atoms with Crippen LogP contribution in [0.1, 0.15) is 28.8 Å². The number of hydrogen-bond acceptors (Lipinski definition) is 3. The number of aldehydes is 1. The number of carbonyl (C=O) groups excluding carboxylic acids is 2. The minimum Gasteiger partial charge on any atom is -0.369 e. The van der Waals surface area contributed by atoms with E-state index in [0.717, 1.165) is 5.56 Å². The quantitative estimate of drug-likeness (QED) is 0.371. The van der Waals surface area contributed by atoms with Crippen LogP contribution in [0.4, 0.5) is 0 Å². The van der Waals surface area contributed by atoms with Crippen LogP contribution >= 0.6 is 19.2 Å². The summed E-state index contributed by atoms with van der Waals surface area (Å²) in [7, 11) is -4.62. The maximum absolute atomic E-state index is 11.9. The maximum Gasteiger partial charge on any atom is 0.333 e. The summed E-state index contributed by atoms with van der Waals surface area (Å²) >= 11 is 6.37. The number of carbonyl (C=O) groups is 2. The highest BCUT2D eigenvalue weighted by molar-refractivity contribution is 7.52. The number of rotatable bonds is 8. The van der Waals surface area contributed by atoms with Gasteiger partial charge in [-0.3, -0.25) is 9.36 Å². The standard InChI is InChI=1S/C20H20ClN2O5P/c21-17-10-18-15(9-16(17)19(6-7-24)29(26,27)28)14(8-20(22)25)12-23(18)11-13-4-2-1-3-5-13/h1-5,7,9-10,12,19H,6,8,11H2,(H2,22,25)(H2,26,27,28). The smallest absolute Gasteiger partial charge is 0.333 e. The largest absolute Gasteiger partial charge is 0.369 e. The molecule has 7 nitrogen and oxygen atoms in total. The Morgan fingerprint density at radius 3 is 2.52 bits per heavy atom. The van der Waals surface area contributed by atoms with Crippen LogP contribution < -0.4 is 5.73 Å². The normalized spacial score (nSPS) is 12.8. The maximum atomic E-state index is 11.9. The molecule has 0 aliphatic heterocycles. The summed E-state index contributed by atoms with van der Waals surface area (Å²) in [5.41, 5.74) is 6.55. The molecule has 1 atom stereocenters. The zero-order chi connectivity index (χ0) is 21.2. The topological polar surface area (TPSA) is 123 Å². The first kappa shape index (κ1) is 21.3. The number of amides is 1. The highest BCUT2D eigenvalue weighted by Crippen LogP contribution is 2.55. The average Bonchev–Trinajstić information content (AvgIpc) is 2.95. The predicted octanol–water partition coefficient (Wildman–Crippen LogP) is 3.18. The molecule has 0 spiro atoms. The second-order valence-corrected chi connectivity index (χ2v) is 9.02. The number of nitrogens with two attached hydrogens (primary N) is 1. The van der Waals surface area contributed by atoms with E-state index in [1.165, 1.54) is 0 Å². The van der Waals surface area contributed by atoms with Gasteiger partial charge in [0.05, 0.1) is 17.6 Å². The first-order chi connectivity index (χ1) is 13.7. The lowest BCUT2D eigenvalue weighted by molar-refractivity contribution is -0.117. The van der Waals surface area contributed by atoms with Crippen LogP contribution in [0.2, 0.25) is 5.02 Å². The van der Waals surface area contributed by atoms with Crippen LogP contribution in [0, 0.1) is 0 Å². The minimum atomic E-state index is -4.62. The Labute approximate surface area is 172 Å². The molecule has 2 aromatic carbocycles. The van der Waals surface area contributed by atoms with Crippen molar-refractivity contribution in [3.8, 4) is 0 Å². The van der Waals surface area contributed by atoms with Gasteiger partial charge in [-0.15, -0.1) is 0 Å². The van der Waals surface area contributed by atoms with Gasteiger partial charge in [0.25, 0.3) is 0 Å². The number of halogens is 1. The molecule has 1 unspecified atom stereocenters. The van der Waals surface area contributed by atoms with Crippen LogP contribution in [-0.2, 0) is 27.1 Å². The first-order valence-electron chi connectivity index (χ1n) is 8.83. The molecule has 0 fully saturated rings. The summed E-state index contributed by atoms with van der Waals surface area (Å²) in [6.07, 6.45) is 1.84. The zero-order valence-corrected chi connectivity index (χ0v) is 17.0. The van der Waals surface area contributed by atoms with Crippen molar-refractivity contribution in [1.29, 1.82) is 0 Å². The van der Waals surface area contributed by atoms with Crippen molar-refractivity contribution in [2.24, 2.45) is 5.73 Å². The van der Waals surface area contributed by atoms with E-state index in [1.54, 1.807) is 18.3 Å². The molecule has 4 N–H and O–H groups in total. The van der Waals surface area contributed by atoms with Crippen LogP contribution in [0.3, 0.4) is 0 Å². The van der Waals surface area contributed by atoms with Gasteiger partial charge in [0.15, 0.2) is 0 Å². The number of aromatic nitrogens is 1. The Morgan fingerprint density at radius 2 is 1.93 bits per heavy atom. The van der Waals surface area contributed by atoms with E-state index in [2.05, 4.69) is 0 Å². The van der Waals surface area contributed by atoms with Crippen molar-refractivity contribution in [3.63, 3.8) is 0 Å². The molecule has 9 heteroatoms. The van der Waals surface area contributed by atoms with Gasteiger partial charge in [0.1, 0.15) is 6.29 Å². The zero-order valence-electron chi connectivity index (χ0n) is 15.4. The molecule has 0 aliphatic rings. The fraction of sp³-hybridized carbons (Fsp3) is 0.200. The van der Waals surface area contributed by atoms with Crippen molar-refractivity contribution >= 4 is 42.3 Å². The fourth-order valence-electron chi connectivity index (χ4n) is 3.43. The van der Waals surface area contributed by atoms with Crippen LogP contribution in [-0.4, -0.2) is 26.5 Å². The second kappa shape index (κ2) is 8.51. The van der Waals surface area contributed by atoms with Crippen LogP contribution in [0.25, 0.3) is 10.9 Å². The van der Waals surface area contributed by atoms with Gasteiger partial charge in [-0.25, -0.2) is 0 Å². The SMILES string of the molecule is NC(=O)Cc1cn(Cc2ccccc2)c2cc(Cl)c(C(CC=O)P(=O)(O)O)cc12. The van der Waals surface area contributed by atoms with Gasteiger partial charge < -0.3 is 24.9 Å². The minimum absolute atomic E-state index is 0.0341. The summed E-state index contributed by atoms with van der Waals surface area (Å²) in [4.78, 5) is 41.9. The summed E-state index contributed by atoms with van der Waals surface area (Å²) in [5.74, 6) is -0.528. The third-order valence-corrected chi connectivity index (χ3v) is 6.36. The molecule has 0 saturated carbocycles. The molecule has 1 amide bonds. The van der Waals surface area contributed by atoms with E-state index in [0.29, 0.717) is 29.3 Å². The Hall–Kier alpha value is -2.44. The van der Waals surface area contributed by atoms with Gasteiger partial charge in [-0.1, -0.05) is 41.9 Å². The van der Waals surface area contributed by atoms with Gasteiger partial charge in [-0.05, 0) is 28.8 Å². The molecule has 0 radical (unpaired) electrons. The van der Waals surface area contributed by atoms with Crippen molar-refractivity contribution in [2.75, 3.05) is 0 Å². The molecule has 29 heavy (non-hydrogen) atoms. The van der Waals surface area contributed by atoms with E-state index < -0.39 is 19.2 Å². The molecular formula is C20H20ClN2O5P.